The van der Waals surface area contributed by atoms with Gasteiger partial charge in [0, 0.05) is 16.3 Å². The van der Waals surface area contributed by atoms with E-state index in [1.165, 1.54) is 11.8 Å². The summed E-state index contributed by atoms with van der Waals surface area (Å²) in [5.74, 6) is 0.447. The van der Waals surface area contributed by atoms with Crippen LogP contribution in [-0.4, -0.2) is 18.1 Å². The monoisotopic (exact) mass is 265 g/mol. The van der Waals surface area contributed by atoms with Crippen molar-refractivity contribution in [3.8, 4) is 6.07 Å². The van der Waals surface area contributed by atoms with Crippen LogP contribution in [0.25, 0.3) is 0 Å². The molecule has 1 aromatic rings. The lowest BCUT2D eigenvalue weighted by Gasteiger charge is -2.02. The van der Waals surface area contributed by atoms with E-state index in [0.29, 0.717) is 22.3 Å². The van der Waals surface area contributed by atoms with Crippen LogP contribution in [0.1, 0.15) is 10.4 Å². The molecule has 1 heterocycles. The molecular weight excluding hydrogens is 258 g/mol. The van der Waals surface area contributed by atoms with E-state index < -0.39 is 0 Å². The minimum absolute atomic E-state index is 0.0647. The fraction of sp³-hybridized carbons (Fsp3) is 0.167. The van der Waals surface area contributed by atoms with Gasteiger partial charge in [0.1, 0.15) is 11.6 Å². The minimum atomic E-state index is -0.325. The van der Waals surface area contributed by atoms with Gasteiger partial charge in [0.25, 0.3) is 0 Å². The average molecular weight is 266 g/mol. The summed E-state index contributed by atoms with van der Waals surface area (Å²) in [5, 5.41) is 10.0. The standard InChI is InChI=1S/C12H8ClNO2S/c13-9-3-1-8(2-4-9)11(15)10(7-14)12-16-5-6-17-12/h1-4H,5-6H2/b12-10-. The second-order valence-electron chi connectivity index (χ2n) is 3.31. The van der Waals surface area contributed by atoms with Gasteiger partial charge in [0.2, 0.25) is 5.78 Å². The molecule has 86 valence electrons. The minimum Gasteiger partial charge on any atom is -0.485 e. The molecule has 3 nitrogen and oxygen atoms in total. The molecule has 0 radical (unpaired) electrons. The van der Waals surface area contributed by atoms with Gasteiger partial charge < -0.3 is 4.74 Å². The number of hydrogen-bond donors (Lipinski definition) is 0. The van der Waals surface area contributed by atoms with E-state index in [1.54, 1.807) is 24.3 Å². The first kappa shape index (κ1) is 12.0. The quantitative estimate of drug-likeness (QED) is 0.469. The Morgan fingerprint density at radius 3 is 2.65 bits per heavy atom. The van der Waals surface area contributed by atoms with Crippen molar-refractivity contribution in [2.45, 2.75) is 0 Å². The highest BCUT2D eigenvalue weighted by Gasteiger charge is 2.21. The van der Waals surface area contributed by atoms with Gasteiger partial charge >= 0.3 is 0 Å². The smallest absolute Gasteiger partial charge is 0.207 e. The second kappa shape index (κ2) is 5.26. The lowest BCUT2D eigenvalue weighted by Crippen LogP contribution is -2.04. The number of carbonyl (C=O) groups is 1. The SMILES string of the molecule is N#C/C(C(=O)c1ccc(Cl)cc1)=C1\OCCS1. The first-order valence-corrected chi connectivity index (χ1v) is 6.29. The van der Waals surface area contributed by atoms with Crippen molar-refractivity contribution >= 4 is 29.1 Å². The number of ketones is 1. The number of carbonyl (C=O) groups excluding carboxylic acids is 1. The van der Waals surface area contributed by atoms with Crippen molar-refractivity contribution in [2.75, 3.05) is 12.4 Å². The van der Waals surface area contributed by atoms with Crippen molar-refractivity contribution in [1.29, 1.82) is 5.26 Å². The van der Waals surface area contributed by atoms with Crippen molar-refractivity contribution < 1.29 is 9.53 Å². The third kappa shape index (κ3) is 2.63. The molecule has 1 aliphatic heterocycles. The summed E-state index contributed by atoms with van der Waals surface area (Å²) < 4.78 is 5.25. The fourth-order valence-corrected chi connectivity index (χ4v) is 2.32. The van der Waals surface area contributed by atoms with E-state index >= 15 is 0 Å². The first-order valence-electron chi connectivity index (χ1n) is 4.92. The van der Waals surface area contributed by atoms with Crippen LogP contribution >= 0.6 is 23.4 Å². The molecule has 1 aliphatic rings. The summed E-state index contributed by atoms with van der Waals surface area (Å²) in [4.78, 5) is 12.1. The normalized spacial score (nSPS) is 17.2. The Bertz CT molecular complexity index is 508. The highest BCUT2D eigenvalue weighted by molar-refractivity contribution is 8.03. The maximum atomic E-state index is 12.1. The highest BCUT2D eigenvalue weighted by Crippen LogP contribution is 2.28. The lowest BCUT2D eigenvalue weighted by molar-refractivity contribution is 0.103. The number of nitriles is 1. The van der Waals surface area contributed by atoms with E-state index in [0.717, 1.165) is 5.75 Å². The van der Waals surface area contributed by atoms with Crippen LogP contribution < -0.4 is 0 Å². The predicted octanol–water partition coefficient (Wildman–Crippen LogP) is 3.02. The molecule has 0 bridgehead atoms. The zero-order chi connectivity index (χ0) is 12.3. The van der Waals surface area contributed by atoms with Gasteiger partial charge in [-0.15, -0.1) is 0 Å². The molecular formula is C12H8ClNO2S. The van der Waals surface area contributed by atoms with Crippen LogP contribution in [0.15, 0.2) is 34.9 Å². The van der Waals surface area contributed by atoms with E-state index in [1.807, 2.05) is 6.07 Å². The molecule has 0 aliphatic carbocycles. The third-order valence-electron chi connectivity index (χ3n) is 2.20. The summed E-state index contributed by atoms with van der Waals surface area (Å²) in [6.45, 7) is 0.541. The first-order chi connectivity index (χ1) is 8.22. The summed E-state index contributed by atoms with van der Waals surface area (Å²) in [7, 11) is 0. The van der Waals surface area contributed by atoms with Crippen LogP contribution in [0.2, 0.25) is 5.02 Å². The van der Waals surface area contributed by atoms with Crippen molar-refractivity contribution in [3.05, 3.63) is 45.5 Å². The summed E-state index contributed by atoms with van der Waals surface area (Å²) >= 11 is 7.13. The fourth-order valence-electron chi connectivity index (χ4n) is 1.39. The predicted molar refractivity (Wildman–Crippen MR) is 66.8 cm³/mol. The molecule has 5 heteroatoms. The molecule has 0 atom stereocenters. The molecule has 1 saturated heterocycles. The second-order valence-corrected chi connectivity index (χ2v) is 4.81. The number of hydrogen-bond acceptors (Lipinski definition) is 4. The van der Waals surface area contributed by atoms with Gasteiger partial charge in [-0.2, -0.15) is 5.26 Å². The lowest BCUT2D eigenvalue weighted by atomic mass is 10.1. The Morgan fingerprint density at radius 2 is 2.12 bits per heavy atom. The number of halogens is 1. The molecule has 17 heavy (non-hydrogen) atoms. The van der Waals surface area contributed by atoms with Crippen molar-refractivity contribution in [2.24, 2.45) is 0 Å². The zero-order valence-electron chi connectivity index (χ0n) is 8.77. The Kier molecular flexibility index (Phi) is 3.72. The number of ether oxygens (including phenoxy) is 1. The van der Waals surface area contributed by atoms with Gasteiger partial charge in [-0.1, -0.05) is 23.4 Å². The molecule has 0 aromatic heterocycles. The van der Waals surface area contributed by atoms with E-state index in [-0.39, 0.29) is 11.4 Å². The number of thioether (sulfide) groups is 1. The van der Waals surface area contributed by atoms with Crippen LogP contribution in [0.4, 0.5) is 0 Å². The molecule has 0 unspecified atom stereocenters. The van der Waals surface area contributed by atoms with Gasteiger partial charge in [0.05, 0.1) is 6.61 Å². The maximum absolute atomic E-state index is 12.1. The van der Waals surface area contributed by atoms with Crippen molar-refractivity contribution in [3.63, 3.8) is 0 Å². The Hall–Kier alpha value is -1.44. The molecule has 1 aromatic carbocycles. The largest absolute Gasteiger partial charge is 0.485 e. The molecule has 0 saturated carbocycles. The van der Waals surface area contributed by atoms with E-state index in [4.69, 9.17) is 21.6 Å². The molecule has 2 rings (SSSR count). The topological polar surface area (TPSA) is 50.1 Å². The molecule has 0 amide bonds. The molecule has 0 spiro atoms. The van der Waals surface area contributed by atoms with Gasteiger partial charge in [0.15, 0.2) is 5.09 Å². The number of rotatable bonds is 2. The Labute approximate surface area is 108 Å². The van der Waals surface area contributed by atoms with Gasteiger partial charge in [-0.05, 0) is 24.3 Å². The maximum Gasteiger partial charge on any atom is 0.207 e. The summed E-state index contributed by atoms with van der Waals surface area (Å²) in [6, 6.07) is 8.35. The van der Waals surface area contributed by atoms with Gasteiger partial charge in [-0.25, -0.2) is 0 Å². The van der Waals surface area contributed by atoms with Crippen LogP contribution in [-0.2, 0) is 4.74 Å². The molecule has 0 N–H and O–H groups in total. The highest BCUT2D eigenvalue weighted by atomic mass is 35.5. The van der Waals surface area contributed by atoms with E-state index in [2.05, 4.69) is 0 Å². The summed E-state index contributed by atoms with van der Waals surface area (Å²) in [5.41, 5.74) is 0.504. The van der Waals surface area contributed by atoms with E-state index in [9.17, 15) is 4.79 Å². The van der Waals surface area contributed by atoms with Gasteiger partial charge in [-0.3, -0.25) is 4.79 Å². The number of allylic oxidation sites excluding steroid dienone is 1. The van der Waals surface area contributed by atoms with Crippen LogP contribution in [0.3, 0.4) is 0 Å². The van der Waals surface area contributed by atoms with Crippen LogP contribution in [0.5, 0.6) is 0 Å². The molecule has 1 fully saturated rings. The summed E-state index contributed by atoms with van der Waals surface area (Å²) in [6.07, 6.45) is 0. The number of nitrogens with zero attached hydrogens (tertiary/aromatic N) is 1. The number of benzene rings is 1. The Balaban J connectivity index is 2.33. The zero-order valence-corrected chi connectivity index (χ0v) is 10.3. The number of Topliss-reactive ketones (excluding diaryl/α,β-unsaturated/α-hetero) is 1. The van der Waals surface area contributed by atoms with Crippen LogP contribution in [0, 0.1) is 11.3 Å². The average Bonchev–Trinajstić information content (AvgIpc) is 2.84. The van der Waals surface area contributed by atoms with Crippen molar-refractivity contribution in [1.82, 2.24) is 0 Å². The third-order valence-corrected chi connectivity index (χ3v) is 3.41. The Morgan fingerprint density at radius 1 is 1.41 bits per heavy atom.